The molecule has 1 heterocycles. The summed E-state index contributed by atoms with van der Waals surface area (Å²) < 4.78 is 0. The third-order valence-electron chi connectivity index (χ3n) is 3.33. The molecule has 0 saturated carbocycles. The molecule has 0 aliphatic rings. The number of fused-ring (bicyclic) bond motifs is 1. The average Bonchev–Trinajstić information content (AvgIpc) is 2.90. The number of benzene rings is 2. The van der Waals surface area contributed by atoms with Gasteiger partial charge in [-0.1, -0.05) is 18.2 Å². The number of H-pyrrole nitrogens is 1. The van der Waals surface area contributed by atoms with Gasteiger partial charge in [-0.05, 0) is 30.3 Å². The van der Waals surface area contributed by atoms with Crippen molar-refractivity contribution in [3.63, 3.8) is 0 Å². The molecule has 0 spiro atoms. The third-order valence-corrected chi connectivity index (χ3v) is 3.33. The maximum atomic E-state index is 12.5. The lowest BCUT2D eigenvalue weighted by molar-refractivity contribution is 0.103. The van der Waals surface area contributed by atoms with Crippen LogP contribution in [0.25, 0.3) is 10.9 Å². The largest absolute Gasteiger partial charge is 0.378 e. The van der Waals surface area contributed by atoms with E-state index in [1.807, 2.05) is 67.5 Å². The Morgan fingerprint density at radius 1 is 1.05 bits per heavy atom. The summed E-state index contributed by atoms with van der Waals surface area (Å²) in [6.07, 6.45) is 0. The summed E-state index contributed by atoms with van der Waals surface area (Å²) in [7, 11) is 3.94. The van der Waals surface area contributed by atoms with Crippen molar-refractivity contribution in [2.75, 3.05) is 19.0 Å². The quantitative estimate of drug-likeness (QED) is 0.741. The number of nitrogens with one attached hydrogen (secondary N) is 1. The van der Waals surface area contributed by atoms with Gasteiger partial charge in [0, 0.05) is 30.7 Å². The van der Waals surface area contributed by atoms with E-state index in [1.54, 1.807) is 0 Å². The molecule has 4 nitrogen and oxygen atoms in total. The van der Waals surface area contributed by atoms with E-state index >= 15 is 0 Å². The standard InChI is InChI=1S/C16H15N3O/c1-19(2)12-9-7-11(8-10-12)16(20)15-13-5-3-4-6-14(13)17-18-15/h3-10H,1-2H3,(H,17,18). The summed E-state index contributed by atoms with van der Waals surface area (Å²) in [4.78, 5) is 14.5. The van der Waals surface area contributed by atoms with Gasteiger partial charge in [-0.2, -0.15) is 5.10 Å². The summed E-state index contributed by atoms with van der Waals surface area (Å²) in [6.45, 7) is 0. The number of hydrogen-bond acceptors (Lipinski definition) is 3. The van der Waals surface area contributed by atoms with Crippen LogP contribution in [0, 0.1) is 0 Å². The van der Waals surface area contributed by atoms with Gasteiger partial charge in [-0.15, -0.1) is 0 Å². The lowest BCUT2D eigenvalue weighted by Crippen LogP contribution is -2.09. The lowest BCUT2D eigenvalue weighted by atomic mass is 10.0. The van der Waals surface area contributed by atoms with E-state index in [0.717, 1.165) is 16.6 Å². The molecule has 0 radical (unpaired) electrons. The van der Waals surface area contributed by atoms with Crippen molar-refractivity contribution in [2.45, 2.75) is 0 Å². The normalized spacial score (nSPS) is 10.7. The molecular weight excluding hydrogens is 250 g/mol. The molecule has 1 aromatic heterocycles. The second kappa shape index (κ2) is 4.81. The highest BCUT2D eigenvalue weighted by molar-refractivity contribution is 6.14. The van der Waals surface area contributed by atoms with Gasteiger partial charge >= 0.3 is 0 Å². The van der Waals surface area contributed by atoms with Crippen LogP contribution in [0.1, 0.15) is 16.1 Å². The molecule has 3 aromatic rings. The number of anilines is 1. The van der Waals surface area contributed by atoms with Crippen LogP contribution < -0.4 is 4.90 Å². The zero-order valence-electron chi connectivity index (χ0n) is 11.4. The van der Waals surface area contributed by atoms with Crippen molar-refractivity contribution >= 4 is 22.4 Å². The van der Waals surface area contributed by atoms with Crippen molar-refractivity contribution < 1.29 is 4.79 Å². The Kier molecular flexibility index (Phi) is 2.99. The number of para-hydroxylation sites is 1. The predicted octanol–water partition coefficient (Wildman–Crippen LogP) is 2.86. The molecule has 0 unspecified atom stereocenters. The lowest BCUT2D eigenvalue weighted by Gasteiger charge is -2.12. The first kappa shape index (κ1) is 12.4. The Labute approximate surface area is 117 Å². The summed E-state index contributed by atoms with van der Waals surface area (Å²) >= 11 is 0. The van der Waals surface area contributed by atoms with Gasteiger partial charge < -0.3 is 4.90 Å². The molecule has 0 fully saturated rings. The monoisotopic (exact) mass is 265 g/mol. The fraction of sp³-hybridized carbons (Fsp3) is 0.125. The third kappa shape index (κ3) is 2.05. The summed E-state index contributed by atoms with van der Waals surface area (Å²) in [5, 5.41) is 7.89. The highest BCUT2D eigenvalue weighted by Crippen LogP contribution is 2.20. The van der Waals surface area contributed by atoms with E-state index in [-0.39, 0.29) is 5.78 Å². The van der Waals surface area contributed by atoms with Gasteiger partial charge in [-0.3, -0.25) is 9.89 Å². The zero-order valence-corrected chi connectivity index (χ0v) is 11.4. The second-order valence-electron chi connectivity index (χ2n) is 4.89. The van der Waals surface area contributed by atoms with E-state index < -0.39 is 0 Å². The Bertz CT molecular complexity index is 757. The van der Waals surface area contributed by atoms with Gasteiger partial charge in [0.25, 0.3) is 0 Å². The smallest absolute Gasteiger partial charge is 0.213 e. The van der Waals surface area contributed by atoms with Crippen LogP contribution in [0.15, 0.2) is 48.5 Å². The maximum absolute atomic E-state index is 12.5. The first-order valence-electron chi connectivity index (χ1n) is 6.42. The van der Waals surface area contributed by atoms with Crippen LogP contribution >= 0.6 is 0 Å². The van der Waals surface area contributed by atoms with Crippen molar-refractivity contribution in [2.24, 2.45) is 0 Å². The minimum Gasteiger partial charge on any atom is -0.378 e. The molecule has 3 rings (SSSR count). The molecule has 0 atom stereocenters. The highest BCUT2D eigenvalue weighted by atomic mass is 16.1. The molecule has 2 aromatic carbocycles. The molecule has 0 amide bonds. The molecule has 0 bridgehead atoms. The first-order chi connectivity index (χ1) is 9.66. The molecular formula is C16H15N3O. The summed E-state index contributed by atoms with van der Waals surface area (Å²) in [6, 6.07) is 15.2. The number of aromatic amines is 1. The fourth-order valence-electron chi connectivity index (χ4n) is 2.18. The Hall–Kier alpha value is -2.62. The first-order valence-corrected chi connectivity index (χ1v) is 6.42. The van der Waals surface area contributed by atoms with Crippen LogP contribution in [-0.2, 0) is 0 Å². The number of nitrogens with zero attached hydrogens (tertiary/aromatic N) is 2. The van der Waals surface area contributed by atoms with E-state index in [2.05, 4.69) is 10.2 Å². The van der Waals surface area contributed by atoms with Gasteiger partial charge in [-0.25, -0.2) is 0 Å². The summed E-state index contributed by atoms with van der Waals surface area (Å²) in [5.74, 6) is -0.0623. The van der Waals surface area contributed by atoms with Gasteiger partial charge in [0.05, 0.1) is 5.52 Å². The van der Waals surface area contributed by atoms with Crippen molar-refractivity contribution in [1.82, 2.24) is 10.2 Å². The Morgan fingerprint density at radius 3 is 2.45 bits per heavy atom. The minimum absolute atomic E-state index is 0.0623. The van der Waals surface area contributed by atoms with Gasteiger partial charge in [0.1, 0.15) is 5.69 Å². The van der Waals surface area contributed by atoms with E-state index in [0.29, 0.717) is 11.3 Å². The topological polar surface area (TPSA) is 49.0 Å². The van der Waals surface area contributed by atoms with Gasteiger partial charge in [0.2, 0.25) is 5.78 Å². The molecule has 0 aliphatic heterocycles. The fourth-order valence-corrected chi connectivity index (χ4v) is 2.18. The average molecular weight is 265 g/mol. The molecule has 0 aliphatic carbocycles. The van der Waals surface area contributed by atoms with Crippen LogP contribution in [0.4, 0.5) is 5.69 Å². The van der Waals surface area contributed by atoms with E-state index in [9.17, 15) is 4.79 Å². The zero-order chi connectivity index (χ0) is 14.1. The molecule has 1 N–H and O–H groups in total. The summed E-state index contributed by atoms with van der Waals surface area (Å²) in [5.41, 5.74) is 3.06. The highest BCUT2D eigenvalue weighted by Gasteiger charge is 2.15. The molecule has 100 valence electrons. The minimum atomic E-state index is -0.0623. The van der Waals surface area contributed by atoms with Crippen LogP contribution in [0.3, 0.4) is 0 Å². The number of rotatable bonds is 3. The number of carbonyl (C=O) groups excluding carboxylic acids is 1. The van der Waals surface area contributed by atoms with Crippen molar-refractivity contribution in [1.29, 1.82) is 0 Å². The Balaban J connectivity index is 2.00. The van der Waals surface area contributed by atoms with Crippen LogP contribution in [-0.4, -0.2) is 30.1 Å². The molecule has 4 heteroatoms. The second-order valence-corrected chi connectivity index (χ2v) is 4.89. The Morgan fingerprint density at radius 2 is 1.75 bits per heavy atom. The van der Waals surface area contributed by atoms with Crippen molar-refractivity contribution in [3.8, 4) is 0 Å². The number of ketones is 1. The van der Waals surface area contributed by atoms with Crippen LogP contribution in [0.2, 0.25) is 0 Å². The van der Waals surface area contributed by atoms with Gasteiger partial charge in [0.15, 0.2) is 0 Å². The maximum Gasteiger partial charge on any atom is 0.213 e. The number of hydrogen-bond donors (Lipinski definition) is 1. The SMILES string of the molecule is CN(C)c1ccc(C(=O)c2n[nH]c3ccccc23)cc1. The molecule has 20 heavy (non-hydrogen) atoms. The van der Waals surface area contributed by atoms with E-state index in [4.69, 9.17) is 0 Å². The van der Waals surface area contributed by atoms with Crippen LogP contribution in [0.5, 0.6) is 0 Å². The number of carbonyl (C=O) groups is 1. The van der Waals surface area contributed by atoms with E-state index in [1.165, 1.54) is 0 Å². The van der Waals surface area contributed by atoms with Crippen molar-refractivity contribution in [3.05, 3.63) is 59.8 Å². The molecule has 0 saturated heterocycles. The predicted molar refractivity (Wildman–Crippen MR) is 80.3 cm³/mol. The number of aromatic nitrogens is 2.